The predicted octanol–water partition coefficient (Wildman–Crippen LogP) is 4.83. The molecular weight excluding hydrogens is 461 g/mol. The van der Waals surface area contributed by atoms with Gasteiger partial charge in [0.05, 0.1) is 6.04 Å². The molecule has 0 radical (unpaired) electrons. The second kappa shape index (κ2) is 10.4. The third-order valence-electron chi connectivity index (χ3n) is 5.97. The molecule has 0 saturated carbocycles. The van der Waals surface area contributed by atoms with E-state index in [0.717, 1.165) is 11.1 Å². The van der Waals surface area contributed by atoms with Crippen molar-refractivity contribution in [2.24, 2.45) is 5.41 Å². The van der Waals surface area contributed by atoms with Crippen LogP contribution in [0.3, 0.4) is 0 Å². The van der Waals surface area contributed by atoms with Crippen molar-refractivity contribution in [3.8, 4) is 5.75 Å². The number of carbonyl (C=O) groups is 2. The summed E-state index contributed by atoms with van der Waals surface area (Å²) in [6.45, 7) is 10.1. The minimum Gasteiger partial charge on any atom is -0.484 e. The molecule has 7 nitrogen and oxygen atoms in total. The number of aromatic nitrogens is 1. The minimum atomic E-state index is -0.585. The maximum atomic E-state index is 14.2. The highest BCUT2D eigenvalue weighted by Crippen LogP contribution is 2.39. The fourth-order valence-corrected chi connectivity index (χ4v) is 4.25. The van der Waals surface area contributed by atoms with Gasteiger partial charge >= 0.3 is 0 Å². The smallest absolute Gasteiger partial charge is 0.273 e. The first kappa shape index (κ1) is 25.2. The van der Waals surface area contributed by atoms with E-state index in [1.165, 1.54) is 18.4 Å². The van der Waals surface area contributed by atoms with Crippen LogP contribution in [0.4, 0.5) is 4.39 Å². The van der Waals surface area contributed by atoms with Crippen molar-refractivity contribution in [3.05, 3.63) is 95.5 Å². The van der Waals surface area contributed by atoms with Gasteiger partial charge in [-0.2, -0.15) is 0 Å². The molecule has 36 heavy (non-hydrogen) atoms. The van der Waals surface area contributed by atoms with Gasteiger partial charge in [-0.3, -0.25) is 9.59 Å². The van der Waals surface area contributed by atoms with Crippen LogP contribution in [-0.2, 0) is 17.8 Å². The standard InChI is InChI=1S/C28H30FN3O4/c1-5-12-30-26(33)23-16-36-24(31-23)17-35-21-10-9-18-11-13-32(27(34)28(2,3)4)25(22(18)15-21)19-7-6-8-20(29)14-19/h5-10,14-16,25H,1,11-13,17H2,2-4H3,(H,30,33)/t25-/m0/s1. The summed E-state index contributed by atoms with van der Waals surface area (Å²) < 4.78 is 25.5. The summed E-state index contributed by atoms with van der Waals surface area (Å²) in [5.74, 6) is 0.0850. The molecule has 2 amide bonds. The normalized spacial score (nSPS) is 15.2. The number of rotatable bonds is 7. The third-order valence-corrected chi connectivity index (χ3v) is 5.97. The molecule has 1 atom stereocenters. The maximum Gasteiger partial charge on any atom is 0.273 e. The summed E-state index contributed by atoms with van der Waals surface area (Å²) >= 11 is 0. The molecule has 8 heteroatoms. The molecule has 0 saturated heterocycles. The van der Waals surface area contributed by atoms with Crippen molar-refractivity contribution in [1.82, 2.24) is 15.2 Å². The zero-order valence-electron chi connectivity index (χ0n) is 20.7. The van der Waals surface area contributed by atoms with Crippen LogP contribution in [0, 0.1) is 11.2 Å². The molecule has 2 heterocycles. The van der Waals surface area contributed by atoms with E-state index in [2.05, 4.69) is 16.9 Å². The monoisotopic (exact) mass is 491 g/mol. The Morgan fingerprint density at radius 2 is 2.08 bits per heavy atom. The maximum absolute atomic E-state index is 14.2. The van der Waals surface area contributed by atoms with Crippen LogP contribution in [-0.4, -0.2) is 34.8 Å². The van der Waals surface area contributed by atoms with E-state index in [4.69, 9.17) is 9.15 Å². The van der Waals surface area contributed by atoms with E-state index >= 15 is 0 Å². The average molecular weight is 492 g/mol. The fraction of sp³-hybridized carbons (Fsp3) is 0.321. The molecule has 1 aliphatic heterocycles. The minimum absolute atomic E-state index is 0.00391. The number of benzene rings is 2. The molecule has 0 bridgehead atoms. The topological polar surface area (TPSA) is 84.7 Å². The van der Waals surface area contributed by atoms with E-state index in [1.807, 2.05) is 49.9 Å². The van der Waals surface area contributed by atoms with Gasteiger partial charge in [0, 0.05) is 18.5 Å². The SMILES string of the molecule is C=CCNC(=O)c1coc(COc2ccc3c(c2)[C@H](c2cccc(F)c2)N(C(=O)C(C)(C)C)CC3)n1. The van der Waals surface area contributed by atoms with E-state index in [-0.39, 0.29) is 35.8 Å². The van der Waals surface area contributed by atoms with Crippen LogP contribution in [0.25, 0.3) is 0 Å². The lowest BCUT2D eigenvalue weighted by Gasteiger charge is -2.41. The molecule has 2 aromatic carbocycles. The van der Waals surface area contributed by atoms with Crippen molar-refractivity contribution in [2.45, 2.75) is 39.8 Å². The van der Waals surface area contributed by atoms with Crippen LogP contribution in [0.15, 0.2) is 65.8 Å². The Bertz CT molecular complexity index is 1280. The lowest BCUT2D eigenvalue weighted by molar-refractivity contribution is -0.141. The highest BCUT2D eigenvalue weighted by atomic mass is 19.1. The molecule has 0 spiro atoms. The average Bonchev–Trinajstić information content (AvgIpc) is 3.33. The lowest BCUT2D eigenvalue weighted by atomic mass is 9.85. The molecule has 188 valence electrons. The number of amides is 2. The highest BCUT2D eigenvalue weighted by Gasteiger charge is 2.37. The first-order valence-electron chi connectivity index (χ1n) is 11.8. The van der Waals surface area contributed by atoms with Crippen molar-refractivity contribution in [2.75, 3.05) is 13.1 Å². The Labute approximate surface area is 210 Å². The molecule has 4 rings (SSSR count). The summed E-state index contributed by atoms with van der Waals surface area (Å²) in [5.41, 5.74) is 2.24. The van der Waals surface area contributed by atoms with E-state index in [9.17, 15) is 14.0 Å². The van der Waals surface area contributed by atoms with Crippen molar-refractivity contribution in [1.29, 1.82) is 0 Å². The third kappa shape index (κ3) is 5.48. The number of oxazole rings is 1. The Kier molecular flexibility index (Phi) is 7.24. The van der Waals surface area contributed by atoms with Gasteiger partial charge in [0.25, 0.3) is 5.91 Å². The van der Waals surface area contributed by atoms with E-state index in [0.29, 0.717) is 30.8 Å². The number of fused-ring (bicyclic) bond motifs is 1. The molecule has 1 aromatic heterocycles. The first-order chi connectivity index (χ1) is 17.2. The van der Waals surface area contributed by atoms with Gasteiger partial charge < -0.3 is 19.4 Å². The lowest BCUT2D eigenvalue weighted by Crippen LogP contribution is -2.45. The summed E-state index contributed by atoms with van der Waals surface area (Å²) in [6.07, 6.45) is 3.54. The Morgan fingerprint density at radius 1 is 1.28 bits per heavy atom. The number of halogens is 1. The molecule has 0 fully saturated rings. The first-order valence-corrected chi connectivity index (χ1v) is 11.8. The molecule has 0 aliphatic carbocycles. The number of nitrogens with one attached hydrogen (secondary N) is 1. The van der Waals surface area contributed by atoms with Crippen molar-refractivity contribution < 1.29 is 23.1 Å². The molecular formula is C28H30FN3O4. The molecule has 1 aliphatic rings. The van der Waals surface area contributed by atoms with Crippen LogP contribution in [0.5, 0.6) is 5.75 Å². The quantitative estimate of drug-likeness (QED) is 0.479. The van der Waals surface area contributed by atoms with E-state index in [1.54, 1.807) is 12.1 Å². The van der Waals surface area contributed by atoms with Crippen LogP contribution in [0.1, 0.15) is 59.9 Å². The van der Waals surface area contributed by atoms with Gasteiger partial charge in [-0.25, -0.2) is 9.37 Å². The fourth-order valence-electron chi connectivity index (χ4n) is 4.25. The Hall–Kier alpha value is -3.94. The van der Waals surface area contributed by atoms with Crippen LogP contribution in [0.2, 0.25) is 0 Å². The van der Waals surface area contributed by atoms with E-state index < -0.39 is 11.5 Å². The molecule has 0 unspecified atom stereocenters. The Balaban J connectivity index is 1.60. The summed E-state index contributed by atoms with van der Waals surface area (Å²) in [6, 6.07) is 11.6. The summed E-state index contributed by atoms with van der Waals surface area (Å²) in [5, 5.41) is 2.64. The predicted molar refractivity (Wildman–Crippen MR) is 133 cm³/mol. The van der Waals surface area contributed by atoms with Crippen LogP contribution >= 0.6 is 0 Å². The second-order valence-corrected chi connectivity index (χ2v) is 9.73. The van der Waals surface area contributed by atoms with Crippen LogP contribution < -0.4 is 10.1 Å². The number of nitrogens with zero attached hydrogens (tertiary/aromatic N) is 2. The molecule has 3 aromatic rings. The Morgan fingerprint density at radius 3 is 2.81 bits per heavy atom. The number of hydrogen-bond donors (Lipinski definition) is 1. The number of ether oxygens (including phenoxy) is 1. The largest absolute Gasteiger partial charge is 0.484 e. The van der Waals surface area contributed by atoms with Gasteiger partial charge in [-0.1, -0.05) is 45.0 Å². The molecule has 1 N–H and O–H groups in total. The van der Waals surface area contributed by atoms with Gasteiger partial charge in [-0.05, 0) is 47.4 Å². The van der Waals surface area contributed by atoms with Gasteiger partial charge in [0.15, 0.2) is 12.3 Å². The van der Waals surface area contributed by atoms with Crippen molar-refractivity contribution >= 4 is 11.8 Å². The second-order valence-electron chi connectivity index (χ2n) is 9.73. The summed E-state index contributed by atoms with van der Waals surface area (Å²) in [7, 11) is 0. The van der Waals surface area contributed by atoms with Crippen molar-refractivity contribution in [3.63, 3.8) is 0 Å². The van der Waals surface area contributed by atoms with Gasteiger partial charge in [-0.15, -0.1) is 6.58 Å². The van der Waals surface area contributed by atoms with Gasteiger partial charge in [0.2, 0.25) is 11.8 Å². The number of hydrogen-bond acceptors (Lipinski definition) is 5. The van der Waals surface area contributed by atoms with Gasteiger partial charge in [0.1, 0.15) is 17.8 Å². The summed E-state index contributed by atoms with van der Waals surface area (Å²) in [4.78, 5) is 31.4. The zero-order valence-corrected chi connectivity index (χ0v) is 20.7. The zero-order chi connectivity index (χ0) is 25.9. The highest BCUT2D eigenvalue weighted by molar-refractivity contribution is 5.91. The number of carbonyl (C=O) groups excluding carboxylic acids is 2.